The summed E-state index contributed by atoms with van der Waals surface area (Å²) >= 11 is 0. The molecule has 4 aliphatic rings. The van der Waals surface area contributed by atoms with E-state index in [9.17, 15) is 29.7 Å². The fraction of sp³-hybridized carbons (Fsp3) is 0.794. The largest absolute Gasteiger partial charge is 0.458 e. The third-order valence-corrected chi connectivity index (χ3v) is 9.40. The number of carbonyl (C=O) groups excluding carboxylic acids is 3. The quantitative estimate of drug-likeness (QED) is 0.290. The summed E-state index contributed by atoms with van der Waals surface area (Å²) in [6.45, 7) is 7.71. The van der Waals surface area contributed by atoms with Crippen molar-refractivity contribution in [2.45, 2.75) is 159 Å². The third-order valence-electron chi connectivity index (χ3n) is 9.40. The summed E-state index contributed by atoms with van der Waals surface area (Å²) in [7, 11) is 0. The number of aliphatic hydroxyl groups excluding tert-OH is 2. The molecule has 4 heterocycles. The number of carbonyl (C=O) groups is 3. The van der Waals surface area contributed by atoms with Crippen LogP contribution in [0.3, 0.4) is 0 Å². The van der Waals surface area contributed by atoms with Gasteiger partial charge in [0, 0.05) is 25.7 Å². The highest BCUT2D eigenvalue weighted by molar-refractivity contribution is 5.85. The van der Waals surface area contributed by atoms with Crippen molar-refractivity contribution < 1.29 is 53.4 Å². The fourth-order valence-corrected chi connectivity index (χ4v) is 7.01. The SMILES string of the molecule is CCCC(=O)O[C@H]1C[C@H]2C[C@@H](O)C[C@@H](C[C@@H](C)/C=C\C=C/C[C@H]3O[C@H](C[C@H]3C)[C@H](O)C[C@H]3OC(=O)[C@]1(O)[C@H]3OC(=O)CCC)O2. The molecule has 11 heteroatoms. The van der Waals surface area contributed by atoms with Gasteiger partial charge in [0.05, 0.1) is 36.6 Å². The van der Waals surface area contributed by atoms with Gasteiger partial charge in [-0.1, -0.05) is 52.0 Å². The van der Waals surface area contributed by atoms with Crippen molar-refractivity contribution in [1.82, 2.24) is 0 Å². The van der Waals surface area contributed by atoms with Gasteiger partial charge in [0.15, 0.2) is 6.10 Å². The lowest BCUT2D eigenvalue weighted by atomic mass is 9.83. The number of hydrogen-bond acceptors (Lipinski definition) is 11. The van der Waals surface area contributed by atoms with Crippen molar-refractivity contribution in [3.63, 3.8) is 0 Å². The molecule has 4 rings (SSSR count). The maximum atomic E-state index is 13.6. The van der Waals surface area contributed by atoms with Crippen LogP contribution in [0.2, 0.25) is 0 Å². The molecule has 0 saturated carbocycles. The Morgan fingerprint density at radius 2 is 1.53 bits per heavy atom. The first-order chi connectivity index (χ1) is 21.4. The minimum atomic E-state index is -2.56. The second-order valence-corrected chi connectivity index (χ2v) is 13.4. The number of ether oxygens (including phenoxy) is 5. The molecule has 0 radical (unpaired) electrons. The Morgan fingerprint density at radius 1 is 0.867 bits per heavy atom. The molecule has 0 aromatic heterocycles. The van der Waals surface area contributed by atoms with Crippen LogP contribution in [0.25, 0.3) is 0 Å². The molecule has 254 valence electrons. The van der Waals surface area contributed by atoms with Crippen molar-refractivity contribution in [3.8, 4) is 0 Å². The van der Waals surface area contributed by atoms with Crippen LogP contribution >= 0.6 is 0 Å². The van der Waals surface area contributed by atoms with Gasteiger partial charge in [0.1, 0.15) is 12.2 Å². The Labute approximate surface area is 266 Å². The van der Waals surface area contributed by atoms with Gasteiger partial charge in [0.2, 0.25) is 5.60 Å². The Bertz CT molecular complexity index is 1070. The number of aliphatic hydroxyl groups is 3. The predicted molar refractivity (Wildman–Crippen MR) is 163 cm³/mol. The molecule has 3 fully saturated rings. The van der Waals surface area contributed by atoms with Gasteiger partial charge in [-0.3, -0.25) is 9.59 Å². The van der Waals surface area contributed by atoms with Crippen molar-refractivity contribution in [2.75, 3.05) is 0 Å². The molecular weight excluding hydrogens is 584 g/mol. The van der Waals surface area contributed by atoms with Crippen LogP contribution in [-0.4, -0.2) is 93.8 Å². The molecule has 0 amide bonds. The topological polar surface area (TPSA) is 158 Å². The van der Waals surface area contributed by atoms with Crippen LogP contribution in [0.4, 0.5) is 0 Å². The van der Waals surface area contributed by atoms with Crippen molar-refractivity contribution in [2.24, 2.45) is 11.8 Å². The average Bonchev–Trinajstić information content (AvgIpc) is 3.44. The summed E-state index contributed by atoms with van der Waals surface area (Å²) in [6, 6.07) is 0. The molecular formula is C34H52O11. The number of allylic oxidation sites excluding steroid dienone is 3. The molecule has 0 unspecified atom stereocenters. The van der Waals surface area contributed by atoms with Crippen molar-refractivity contribution in [3.05, 3.63) is 24.3 Å². The third kappa shape index (κ3) is 8.94. The molecule has 3 saturated heterocycles. The Kier molecular flexibility index (Phi) is 12.6. The van der Waals surface area contributed by atoms with E-state index in [0.717, 1.165) is 0 Å². The lowest BCUT2D eigenvalue weighted by Crippen LogP contribution is -2.59. The van der Waals surface area contributed by atoms with Crippen molar-refractivity contribution in [1.29, 1.82) is 0 Å². The summed E-state index contributed by atoms with van der Waals surface area (Å²) in [6.07, 6.45) is 3.60. The monoisotopic (exact) mass is 636 g/mol. The molecule has 0 aromatic rings. The zero-order chi connectivity index (χ0) is 32.7. The molecule has 12 atom stereocenters. The minimum Gasteiger partial charge on any atom is -0.458 e. The van der Waals surface area contributed by atoms with E-state index in [1.54, 1.807) is 13.8 Å². The highest BCUT2D eigenvalue weighted by Gasteiger charge is 2.65. The summed E-state index contributed by atoms with van der Waals surface area (Å²) in [5.41, 5.74) is -2.56. The van der Waals surface area contributed by atoms with E-state index in [2.05, 4.69) is 19.9 Å². The highest BCUT2D eigenvalue weighted by atomic mass is 16.6. The van der Waals surface area contributed by atoms with Crippen LogP contribution in [0.15, 0.2) is 24.3 Å². The summed E-state index contributed by atoms with van der Waals surface area (Å²) in [5.74, 6) is -2.11. The normalized spacial score (nSPS) is 42.3. The fourth-order valence-electron chi connectivity index (χ4n) is 7.01. The van der Waals surface area contributed by atoms with E-state index in [1.165, 1.54) is 0 Å². The van der Waals surface area contributed by atoms with Crippen LogP contribution in [0.1, 0.15) is 98.3 Å². The first kappa shape index (κ1) is 35.5. The number of rotatable bonds is 6. The second-order valence-electron chi connectivity index (χ2n) is 13.4. The van der Waals surface area contributed by atoms with Crippen LogP contribution < -0.4 is 0 Å². The zero-order valence-electron chi connectivity index (χ0n) is 27.0. The van der Waals surface area contributed by atoms with Gasteiger partial charge in [0.25, 0.3) is 0 Å². The van der Waals surface area contributed by atoms with E-state index < -0.39 is 66.2 Å². The summed E-state index contributed by atoms with van der Waals surface area (Å²) < 4.78 is 29.7. The smallest absolute Gasteiger partial charge is 0.346 e. The van der Waals surface area contributed by atoms with Gasteiger partial charge in [-0.15, -0.1) is 0 Å². The molecule has 0 aromatic carbocycles. The van der Waals surface area contributed by atoms with Crippen LogP contribution in [-0.2, 0) is 38.1 Å². The standard InChI is InChI=1S/C34H52O11/c1-5-10-30(37)44-29-18-24-17-22(35)16-23(41-24)14-20(3)12-8-7-9-13-26-21(4)15-27(42-26)25(36)19-28-32(45-31(38)11-6-2)34(29,40)33(39)43-28/h7-9,12,20-29,32,35-36,40H,5-6,10-11,13-19H2,1-4H3/b9-7-,12-8-/t20-,21+,22-,23+,24+,25+,26+,27+,28+,29-,32-,34+/m0/s1. The van der Waals surface area contributed by atoms with E-state index in [-0.39, 0.29) is 56.1 Å². The summed E-state index contributed by atoms with van der Waals surface area (Å²) in [5, 5.41) is 34.2. The van der Waals surface area contributed by atoms with E-state index in [4.69, 9.17) is 23.7 Å². The lowest BCUT2D eigenvalue weighted by molar-refractivity contribution is -0.200. The number of esters is 3. The molecule has 0 spiro atoms. The Hall–Kier alpha value is -2.31. The maximum absolute atomic E-state index is 13.6. The molecule has 11 nitrogen and oxygen atoms in total. The number of fused-ring (bicyclic) bond motifs is 6. The maximum Gasteiger partial charge on any atom is 0.346 e. The second kappa shape index (κ2) is 16.0. The molecule has 0 aliphatic carbocycles. The van der Waals surface area contributed by atoms with Gasteiger partial charge in [-0.2, -0.15) is 0 Å². The van der Waals surface area contributed by atoms with Gasteiger partial charge in [-0.05, 0) is 56.8 Å². The lowest BCUT2D eigenvalue weighted by Gasteiger charge is -2.39. The predicted octanol–water partition coefficient (Wildman–Crippen LogP) is 3.45. The van der Waals surface area contributed by atoms with Crippen molar-refractivity contribution >= 4 is 17.9 Å². The Balaban J connectivity index is 1.71. The van der Waals surface area contributed by atoms with E-state index in [0.29, 0.717) is 38.5 Å². The average molecular weight is 637 g/mol. The Morgan fingerprint density at radius 3 is 2.22 bits per heavy atom. The van der Waals surface area contributed by atoms with Crippen LogP contribution in [0.5, 0.6) is 0 Å². The van der Waals surface area contributed by atoms with Gasteiger partial charge in [-0.25, -0.2) is 4.79 Å². The van der Waals surface area contributed by atoms with Gasteiger partial charge < -0.3 is 39.0 Å². The zero-order valence-corrected chi connectivity index (χ0v) is 27.0. The number of hydrogen-bond donors (Lipinski definition) is 3. The van der Waals surface area contributed by atoms with Crippen LogP contribution in [0, 0.1) is 11.8 Å². The first-order valence-electron chi connectivity index (χ1n) is 16.8. The molecule has 6 bridgehead atoms. The highest BCUT2D eigenvalue weighted by Crippen LogP contribution is 2.41. The molecule has 4 aliphatic heterocycles. The van der Waals surface area contributed by atoms with Gasteiger partial charge >= 0.3 is 17.9 Å². The van der Waals surface area contributed by atoms with E-state index in [1.807, 2.05) is 18.2 Å². The molecule has 3 N–H and O–H groups in total. The summed E-state index contributed by atoms with van der Waals surface area (Å²) in [4.78, 5) is 39.3. The molecule has 45 heavy (non-hydrogen) atoms. The van der Waals surface area contributed by atoms with E-state index >= 15 is 0 Å². The first-order valence-corrected chi connectivity index (χ1v) is 16.8. The minimum absolute atomic E-state index is 0.0288.